The minimum Gasteiger partial charge on any atom is -0.478 e. The Bertz CT molecular complexity index is 1320. The fraction of sp³-hybridized carbons (Fsp3) is 0.160. The number of aryl methyl sites for hydroxylation is 1. The molecular weight excluding hydrogens is 526 g/mol. The van der Waals surface area contributed by atoms with E-state index in [4.69, 9.17) is 11.6 Å². The highest BCUT2D eigenvalue weighted by Gasteiger charge is 2.44. The van der Waals surface area contributed by atoms with E-state index in [-0.39, 0.29) is 16.9 Å². The van der Waals surface area contributed by atoms with Crippen LogP contribution in [0.15, 0.2) is 93.8 Å². The Hall–Kier alpha value is -2.45. The molecule has 1 N–H and O–H groups in total. The first kappa shape index (κ1) is 23.7. The third-order valence-electron chi connectivity index (χ3n) is 5.68. The summed E-state index contributed by atoms with van der Waals surface area (Å²) in [6.07, 6.45) is 1.87. The molecule has 0 amide bonds. The molecule has 4 rings (SSSR count). The van der Waals surface area contributed by atoms with Gasteiger partial charge in [0, 0.05) is 9.50 Å². The first-order valence-corrected chi connectivity index (χ1v) is 12.8. The van der Waals surface area contributed by atoms with Crippen LogP contribution in [0.4, 0.5) is 0 Å². The molecule has 3 aromatic carbocycles. The quantitative estimate of drug-likeness (QED) is 0.408. The predicted octanol–water partition coefficient (Wildman–Crippen LogP) is 6.30. The third-order valence-corrected chi connectivity index (χ3v) is 8.31. The van der Waals surface area contributed by atoms with Gasteiger partial charge in [0.1, 0.15) is 0 Å². The van der Waals surface area contributed by atoms with Gasteiger partial charge in [-0.05, 0) is 60.9 Å². The Morgan fingerprint density at radius 3 is 2.30 bits per heavy atom. The number of carbonyl (C=O) groups is 1. The summed E-state index contributed by atoms with van der Waals surface area (Å²) in [5, 5.41) is 10.4. The average Bonchev–Trinajstić information content (AvgIpc) is 2.79. The van der Waals surface area contributed by atoms with Crippen molar-refractivity contribution in [1.82, 2.24) is 4.31 Å². The van der Waals surface area contributed by atoms with Crippen molar-refractivity contribution < 1.29 is 18.3 Å². The Balaban J connectivity index is 1.97. The first-order chi connectivity index (χ1) is 15.7. The number of benzene rings is 3. The van der Waals surface area contributed by atoms with Gasteiger partial charge in [0.25, 0.3) is 0 Å². The summed E-state index contributed by atoms with van der Waals surface area (Å²) in [7, 11) is -4.11. The molecule has 5 nitrogen and oxygen atoms in total. The van der Waals surface area contributed by atoms with Gasteiger partial charge in [0.15, 0.2) is 0 Å². The molecule has 0 fully saturated rings. The van der Waals surface area contributed by atoms with Crippen molar-refractivity contribution in [3.63, 3.8) is 0 Å². The Labute approximate surface area is 206 Å². The largest absolute Gasteiger partial charge is 0.478 e. The van der Waals surface area contributed by atoms with Gasteiger partial charge in [-0.15, -0.1) is 0 Å². The number of aliphatic carboxylic acids is 1. The fourth-order valence-corrected chi connectivity index (χ4v) is 6.41. The van der Waals surface area contributed by atoms with Gasteiger partial charge in [-0.25, -0.2) is 13.2 Å². The maximum atomic E-state index is 14.0. The summed E-state index contributed by atoms with van der Waals surface area (Å²) >= 11 is 9.42. The van der Waals surface area contributed by atoms with Crippen LogP contribution in [0.2, 0.25) is 5.02 Å². The van der Waals surface area contributed by atoms with Crippen molar-refractivity contribution in [1.29, 1.82) is 0 Å². The number of sulfonamides is 1. The van der Waals surface area contributed by atoms with Crippen LogP contribution in [0.25, 0.3) is 0 Å². The second-order valence-corrected chi connectivity index (χ2v) is 11.1. The van der Waals surface area contributed by atoms with E-state index >= 15 is 0 Å². The number of carboxylic acid groups (broad SMARTS) is 1. The van der Waals surface area contributed by atoms with E-state index in [1.54, 1.807) is 24.3 Å². The monoisotopic (exact) mass is 545 g/mol. The van der Waals surface area contributed by atoms with Crippen LogP contribution in [0.1, 0.15) is 35.2 Å². The Kier molecular flexibility index (Phi) is 6.77. The molecule has 1 aliphatic heterocycles. The summed E-state index contributed by atoms with van der Waals surface area (Å²) in [6, 6.07) is 19.0. The zero-order valence-corrected chi connectivity index (χ0v) is 20.8. The number of hydrogen-bond donors (Lipinski definition) is 1. The van der Waals surface area contributed by atoms with E-state index in [9.17, 15) is 18.3 Å². The molecule has 170 valence electrons. The van der Waals surface area contributed by atoms with Crippen molar-refractivity contribution in [2.24, 2.45) is 0 Å². The summed E-state index contributed by atoms with van der Waals surface area (Å²) in [4.78, 5) is 12.3. The number of halogens is 2. The van der Waals surface area contributed by atoms with Crippen LogP contribution in [0, 0.1) is 6.92 Å². The molecular formula is C25H21BrClNO4S. The second kappa shape index (κ2) is 9.43. The van der Waals surface area contributed by atoms with Gasteiger partial charge < -0.3 is 5.11 Å². The Morgan fingerprint density at radius 1 is 1.03 bits per heavy atom. The fourth-order valence-electron chi connectivity index (χ4n) is 4.08. The van der Waals surface area contributed by atoms with Gasteiger partial charge >= 0.3 is 5.97 Å². The molecule has 1 aliphatic rings. The van der Waals surface area contributed by atoms with Crippen LogP contribution >= 0.6 is 27.5 Å². The van der Waals surface area contributed by atoms with Gasteiger partial charge in [-0.2, -0.15) is 4.31 Å². The molecule has 0 aliphatic carbocycles. The Morgan fingerprint density at radius 2 is 1.70 bits per heavy atom. The molecule has 3 aromatic rings. The van der Waals surface area contributed by atoms with Crippen molar-refractivity contribution in [2.45, 2.75) is 30.3 Å². The number of rotatable bonds is 5. The standard InChI is InChI=1S/C25H21BrClNO4S/c1-16-5-7-17(8-6-16)23-14-13-22(25(29)30)24(18-3-2-4-19(26)15-18)28(23)33(31,32)21-11-9-20(27)10-12-21/h2-13,15,23-24H,14H2,1H3,(H,29,30)/t23-,24-/m0/s1. The highest BCUT2D eigenvalue weighted by atomic mass is 79.9. The molecule has 0 unspecified atom stereocenters. The molecule has 0 spiro atoms. The lowest BCUT2D eigenvalue weighted by Crippen LogP contribution is -2.42. The molecule has 0 bridgehead atoms. The highest BCUT2D eigenvalue weighted by Crippen LogP contribution is 2.46. The molecule has 1 heterocycles. The SMILES string of the molecule is Cc1ccc([C@@H]2CC=C(C(=O)O)[C@H](c3cccc(Br)c3)N2S(=O)(=O)c2ccc(Cl)cc2)cc1. The predicted molar refractivity (Wildman–Crippen MR) is 132 cm³/mol. The zero-order chi connectivity index (χ0) is 23.8. The van der Waals surface area contributed by atoms with Crippen molar-refractivity contribution in [3.05, 3.63) is 111 Å². The normalized spacial score (nSPS) is 19.2. The molecule has 0 radical (unpaired) electrons. The van der Waals surface area contributed by atoms with E-state index in [0.717, 1.165) is 15.6 Å². The first-order valence-electron chi connectivity index (χ1n) is 10.2. The van der Waals surface area contributed by atoms with Gasteiger partial charge in [-0.3, -0.25) is 0 Å². The number of hydrogen-bond acceptors (Lipinski definition) is 3. The van der Waals surface area contributed by atoms with Crippen LogP contribution in [-0.2, 0) is 14.8 Å². The average molecular weight is 547 g/mol. The van der Waals surface area contributed by atoms with Crippen molar-refractivity contribution in [3.8, 4) is 0 Å². The van der Waals surface area contributed by atoms with E-state index in [0.29, 0.717) is 10.6 Å². The molecule has 0 saturated carbocycles. The third kappa shape index (κ3) is 4.77. The lowest BCUT2D eigenvalue weighted by Gasteiger charge is -2.40. The molecule has 0 saturated heterocycles. The van der Waals surface area contributed by atoms with Crippen LogP contribution in [0.5, 0.6) is 0 Å². The summed E-state index contributed by atoms with van der Waals surface area (Å²) in [5.41, 5.74) is 2.42. The molecule has 2 atom stereocenters. The van der Waals surface area contributed by atoms with E-state index in [2.05, 4.69) is 15.9 Å². The molecule has 0 aromatic heterocycles. The minimum absolute atomic E-state index is 0.0222. The van der Waals surface area contributed by atoms with Crippen LogP contribution < -0.4 is 0 Å². The number of nitrogens with zero attached hydrogens (tertiary/aromatic N) is 1. The maximum absolute atomic E-state index is 14.0. The molecule has 33 heavy (non-hydrogen) atoms. The highest BCUT2D eigenvalue weighted by molar-refractivity contribution is 9.10. The van der Waals surface area contributed by atoms with Crippen LogP contribution in [0.3, 0.4) is 0 Å². The lowest BCUT2D eigenvalue weighted by atomic mass is 9.89. The zero-order valence-electron chi connectivity index (χ0n) is 17.7. The smallest absolute Gasteiger partial charge is 0.333 e. The molecule has 8 heteroatoms. The van der Waals surface area contributed by atoms with Crippen molar-refractivity contribution in [2.75, 3.05) is 0 Å². The maximum Gasteiger partial charge on any atom is 0.333 e. The van der Waals surface area contributed by atoms with E-state index in [1.807, 2.05) is 37.3 Å². The van der Waals surface area contributed by atoms with E-state index in [1.165, 1.54) is 28.6 Å². The van der Waals surface area contributed by atoms with Crippen LogP contribution in [-0.4, -0.2) is 23.8 Å². The van der Waals surface area contributed by atoms with Crippen molar-refractivity contribution >= 4 is 43.5 Å². The summed E-state index contributed by atoms with van der Waals surface area (Å²) in [6.45, 7) is 1.96. The minimum atomic E-state index is -4.11. The van der Waals surface area contributed by atoms with E-state index < -0.39 is 28.1 Å². The van der Waals surface area contributed by atoms with Gasteiger partial charge in [0.05, 0.1) is 22.6 Å². The topological polar surface area (TPSA) is 74.7 Å². The summed E-state index contributed by atoms with van der Waals surface area (Å²) < 4.78 is 30.1. The van der Waals surface area contributed by atoms with Gasteiger partial charge in [-0.1, -0.05) is 75.6 Å². The summed E-state index contributed by atoms with van der Waals surface area (Å²) in [5.74, 6) is -1.15. The number of carboxylic acids is 1. The lowest BCUT2D eigenvalue weighted by molar-refractivity contribution is -0.133. The van der Waals surface area contributed by atoms with Gasteiger partial charge in [0.2, 0.25) is 10.0 Å². The second-order valence-electron chi connectivity index (χ2n) is 7.87.